The molecule has 0 aromatic carbocycles. The highest BCUT2D eigenvalue weighted by molar-refractivity contribution is 4.80. The Bertz CT molecular complexity index is 167. The monoisotopic (exact) mass is 213 g/mol. The van der Waals surface area contributed by atoms with Crippen molar-refractivity contribution in [2.45, 2.75) is 73.3 Å². The van der Waals surface area contributed by atoms with Crippen LogP contribution in [0.5, 0.6) is 0 Å². The molecule has 1 nitrogen and oxygen atoms in total. The van der Waals surface area contributed by atoms with E-state index in [1.165, 1.54) is 19.3 Å². The Labute approximate surface area is 97.0 Å². The summed E-state index contributed by atoms with van der Waals surface area (Å²) < 4.78 is 0. The molecule has 0 fully saturated rings. The van der Waals surface area contributed by atoms with Crippen molar-refractivity contribution in [1.82, 2.24) is 5.32 Å². The third kappa shape index (κ3) is 7.84. The first-order valence-corrected chi connectivity index (χ1v) is 6.43. The van der Waals surface area contributed by atoms with Crippen LogP contribution in [-0.4, -0.2) is 12.1 Å². The Morgan fingerprint density at radius 3 is 1.93 bits per heavy atom. The lowest BCUT2D eigenvalue weighted by Crippen LogP contribution is -2.42. The predicted octanol–water partition coefficient (Wildman–Crippen LogP) is 4.23. The van der Waals surface area contributed by atoms with Crippen molar-refractivity contribution in [2.24, 2.45) is 11.3 Å². The molecule has 1 unspecified atom stereocenters. The quantitative estimate of drug-likeness (QED) is 0.696. The van der Waals surface area contributed by atoms with Crippen LogP contribution in [0.15, 0.2) is 0 Å². The van der Waals surface area contributed by atoms with Crippen LogP contribution in [0.1, 0.15) is 67.7 Å². The molecule has 15 heavy (non-hydrogen) atoms. The SMILES string of the molecule is CCC(C)(CCC(C)C)CNC(C)(C)C. The van der Waals surface area contributed by atoms with Gasteiger partial charge in [-0.05, 0) is 44.9 Å². The molecule has 0 aliphatic heterocycles. The molecule has 0 aliphatic rings. The number of hydrogen-bond donors (Lipinski definition) is 1. The first-order valence-electron chi connectivity index (χ1n) is 6.43. The van der Waals surface area contributed by atoms with E-state index in [4.69, 9.17) is 0 Å². The predicted molar refractivity (Wildman–Crippen MR) is 70.2 cm³/mol. The van der Waals surface area contributed by atoms with Gasteiger partial charge in [-0.1, -0.05) is 34.1 Å². The van der Waals surface area contributed by atoms with Crippen LogP contribution < -0.4 is 5.32 Å². The van der Waals surface area contributed by atoms with E-state index < -0.39 is 0 Å². The highest BCUT2D eigenvalue weighted by atomic mass is 15.0. The summed E-state index contributed by atoms with van der Waals surface area (Å²) in [5.74, 6) is 0.825. The lowest BCUT2D eigenvalue weighted by Gasteiger charge is -2.33. The minimum absolute atomic E-state index is 0.244. The maximum Gasteiger partial charge on any atom is 0.00967 e. The molecule has 0 amide bonds. The minimum atomic E-state index is 0.244. The Balaban J connectivity index is 4.07. The molecule has 0 saturated heterocycles. The molecule has 1 N–H and O–H groups in total. The summed E-state index contributed by atoms with van der Waals surface area (Å²) in [5, 5.41) is 3.64. The van der Waals surface area contributed by atoms with Crippen molar-refractivity contribution in [1.29, 1.82) is 0 Å². The molecule has 0 radical (unpaired) electrons. The van der Waals surface area contributed by atoms with Gasteiger partial charge in [0.2, 0.25) is 0 Å². The van der Waals surface area contributed by atoms with Gasteiger partial charge in [-0.2, -0.15) is 0 Å². The summed E-state index contributed by atoms with van der Waals surface area (Å²) in [6.45, 7) is 17.2. The lowest BCUT2D eigenvalue weighted by atomic mass is 9.80. The molecule has 0 aromatic rings. The molecule has 0 saturated carbocycles. The van der Waals surface area contributed by atoms with Crippen molar-refractivity contribution in [3.63, 3.8) is 0 Å². The zero-order valence-electron chi connectivity index (χ0n) is 11.9. The average Bonchev–Trinajstić information content (AvgIpc) is 2.10. The van der Waals surface area contributed by atoms with Crippen LogP contribution in [0.25, 0.3) is 0 Å². The standard InChI is InChI=1S/C14H31N/c1-8-14(7,10-9-12(2)3)11-15-13(4,5)6/h12,15H,8-11H2,1-7H3. The van der Waals surface area contributed by atoms with Gasteiger partial charge in [0.1, 0.15) is 0 Å². The van der Waals surface area contributed by atoms with E-state index in [1.54, 1.807) is 0 Å². The van der Waals surface area contributed by atoms with Crippen molar-refractivity contribution >= 4 is 0 Å². The molecular formula is C14H31N. The van der Waals surface area contributed by atoms with E-state index in [-0.39, 0.29) is 5.54 Å². The topological polar surface area (TPSA) is 12.0 Å². The Kier molecular flexibility index (Phi) is 5.87. The minimum Gasteiger partial charge on any atom is -0.312 e. The van der Waals surface area contributed by atoms with Crippen LogP contribution in [-0.2, 0) is 0 Å². The number of hydrogen-bond acceptors (Lipinski definition) is 1. The van der Waals surface area contributed by atoms with Gasteiger partial charge < -0.3 is 5.32 Å². The molecule has 1 heteroatoms. The Hall–Kier alpha value is -0.0400. The van der Waals surface area contributed by atoms with E-state index in [0.29, 0.717) is 5.41 Å². The smallest absolute Gasteiger partial charge is 0.00967 e. The van der Waals surface area contributed by atoms with E-state index in [9.17, 15) is 0 Å². The summed E-state index contributed by atoms with van der Waals surface area (Å²) in [6, 6.07) is 0. The van der Waals surface area contributed by atoms with Crippen molar-refractivity contribution in [3.8, 4) is 0 Å². The number of nitrogens with one attached hydrogen (secondary N) is 1. The van der Waals surface area contributed by atoms with Gasteiger partial charge in [-0.3, -0.25) is 0 Å². The van der Waals surface area contributed by atoms with E-state index >= 15 is 0 Å². The van der Waals surface area contributed by atoms with Gasteiger partial charge in [-0.15, -0.1) is 0 Å². The summed E-state index contributed by atoms with van der Waals surface area (Å²) in [4.78, 5) is 0. The van der Waals surface area contributed by atoms with Crippen LogP contribution >= 0.6 is 0 Å². The van der Waals surface area contributed by atoms with Gasteiger partial charge in [0.15, 0.2) is 0 Å². The fourth-order valence-corrected chi connectivity index (χ4v) is 1.51. The van der Waals surface area contributed by atoms with Crippen molar-refractivity contribution in [2.75, 3.05) is 6.54 Å². The summed E-state index contributed by atoms with van der Waals surface area (Å²) in [6.07, 6.45) is 3.95. The molecule has 1 atom stereocenters. The fraction of sp³-hybridized carbons (Fsp3) is 1.00. The molecule has 0 heterocycles. The molecule has 0 aliphatic carbocycles. The summed E-state index contributed by atoms with van der Waals surface area (Å²) in [7, 11) is 0. The van der Waals surface area contributed by atoms with Crippen molar-refractivity contribution in [3.05, 3.63) is 0 Å². The van der Waals surface area contributed by atoms with Crippen LogP contribution in [0.3, 0.4) is 0 Å². The molecule has 0 bridgehead atoms. The third-order valence-corrected chi connectivity index (χ3v) is 3.22. The van der Waals surface area contributed by atoms with Gasteiger partial charge in [0.05, 0.1) is 0 Å². The normalized spacial score (nSPS) is 16.8. The zero-order chi connectivity index (χ0) is 12.1. The average molecular weight is 213 g/mol. The molecule has 92 valence electrons. The van der Waals surface area contributed by atoms with Gasteiger partial charge in [0, 0.05) is 12.1 Å². The second-order valence-electron chi connectivity index (χ2n) is 6.70. The van der Waals surface area contributed by atoms with E-state index in [2.05, 4.69) is 53.8 Å². The first kappa shape index (κ1) is 15.0. The molecular weight excluding hydrogens is 182 g/mol. The van der Waals surface area contributed by atoms with E-state index in [0.717, 1.165) is 12.5 Å². The summed E-state index contributed by atoms with van der Waals surface area (Å²) >= 11 is 0. The number of rotatable bonds is 6. The third-order valence-electron chi connectivity index (χ3n) is 3.22. The fourth-order valence-electron chi connectivity index (χ4n) is 1.51. The second-order valence-corrected chi connectivity index (χ2v) is 6.70. The maximum atomic E-state index is 3.64. The van der Waals surface area contributed by atoms with Crippen LogP contribution in [0.4, 0.5) is 0 Å². The highest BCUT2D eigenvalue weighted by Gasteiger charge is 2.24. The van der Waals surface area contributed by atoms with Gasteiger partial charge >= 0.3 is 0 Å². The zero-order valence-corrected chi connectivity index (χ0v) is 11.9. The van der Waals surface area contributed by atoms with Gasteiger partial charge in [-0.25, -0.2) is 0 Å². The Morgan fingerprint density at radius 1 is 1.07 bits per heavy atom. The van der Waals surface area contributed by atoms with Crippen LogP contribution in [0.2, 0.25) is 0 Å². The molecule has 0 aromatic heterocycles. The first-order chi connectivity index (χ1) is 6.68. The van der Waals surface area contributed by atoms with Crippen molar-refractivity contribution < 1.29 is 0 Å². The molecule has 0 rings (SSSR count). The largest absolute Gasteiger partial charge is 0.312 e. The molecule has 0 spiro atoms. The van der Waals surface area contributed by atoms with Crippen LogP contribution in [0, 0.1) is 11.3 Å². The Morgan fingerprint density at radius 2 is 1.60 bits per heavy atom. The lowest BCUT2D eigenvalue weighted by molar-refractivity contribution is 0.224. The summed E-state index contributed by atoms with van der Waals surface area (Å²) in [5.41, 5.74) is 0.714. The maximum absolute atomic E-state index is 3.64. The highest BCUT2D eigenvalue weighted by Crippen LogP contribution is 2.29. The van der Waals surface area contributed by atoms with Gasteiger partial charge in [0.25, 0.3) is 0 Å². The van der Waals surface area contributed by atoms with E-state index in [1.807, 2.05) is 0 Å². The second kappa shape index (κ2) is 5.89.